The van der Waals surface area contributed by atoms with Gasteiger partial charge < -0.3 is 9.40 Å². The van der Waals surface area contributed by atoms with Gasteiger partial charge in [-0.1, -0.05) is 6.07 Å². The lowest BCUT2D eigenvalue weighted by Gasteiger charge is -2.11. The molecular formula is C23H13F3N4O3S. The lowest BCUT2D eigenvalue weighted by Crippen LogP contribution is -2.12. The van der Waals surface area contributed by atoms with Crippen LogP contribution in [0, 0.1) is 17.5 Å². The monoisotopic (exact) mass is 482 g/mol. The van der Waals surface area contributed by atoms with Crippen molar-refractivity contribution in [2.75, 3.05) is 4.72 Å². The highest BCUT2D eigenvalue weighted by Gasteiger charge is 2.25. The van der Waals surface area contributed by atoms with Crippen molar-refractivity contribution in [3.8, 4) is 11.3 Å². The summed E-state index contributed by atoms with van der Waals surface area (Å²) < 4.78 is 63.4. The minimum Gasteiger partial charge on any atom is -0.443 e. The summed E-state index contributed by atoms with van der Waals surface area (Å²) in [7, 11) is -2.06. The molecule has 0 amide bonds. The highest BCUT2D eigenvalue weighted by Crippen LogP contribution is 2.29. The van der Waals surface area contributed by atoms with E-state index in [9.17, 15) is 17.8 Å². The first kappa shape index (κ1) is 21.6. The Kier molecular flexibility index (Phi) is 5.46. The zero-order chi connectivity index (χ0) is 23.8. The van der Waals surface area contributed by atoms with Crippen molar-refractivity contribution in [3.63, 3.8) is 0 Å². The molecule has 0 spiro atoms. The number of carbonyl (C=O) groups is 1. The number of pyridine rings is 1. The molecule has 1 atom stereocenters. The molecule has 7 nitrogen and oxygen atoms in total. The van der Waals surface area contributed by atoms with Gasteiger partial charge in [0.15, 0.2) is 18.0 Å². The number of H-pyrrole nitrogens is 1. The molecule has 0 aliphatic carbocycles. The van der Waals surface area contributed by atoms with Gasteiger partial charge in [-0.3, -0.25) is 9.52 Å². The van der Waals surface area contributed by atoms with E-state index >= 15 is 4.39 Å². The lowest BCUT2D eigenvalue weighted by atomic mass is 10.0. The molecule has 2 aromatic carbocycles. The third-order valence-electron chi connectivity index (χ3n) is 5.02. The molecule has 5 aromatic rings. The number of aromatic amines is 1. The van der Waals surface area contributed by atoms with Crippen LogP contribution in [0.4, 0.5) is 18.9 Å². The second-order valence-corrected chi connectivity index (χ2v) is 8.34. The summed E-state index contributed by atoms with van der Waals surface area (Å²) in [6.45, 7) is 0. The Hall–Kier alpha value is -4.25. The summed E-state index contributed by atoms with van der Waals surface area (Å²) >= 11 is 0. The van der Waals surface area contributed by atoms with E-state index in [4.69, 9.17) is 4.42 Å². The number of ketones is 1. The minimum absolute atomic E-state index is 0.0231. The van der Waals surface area contributed by atoms with Crippen LogP contribution in [0.25, 0.3) is 22.4 Å². The molecule has 0 saturated carbocycles. The van der Waals surface area contributed by atoms with Crippen LogP contribution in [0.2, 0.25) is 0 Å². The van der Waals surface area contributed by atoms with Crippen molar-refractivity contribution in [2.24, 2.45) is 0 Å². The van der Waals surface area contributed by atoms with Crippen molar-refractivity contribution in [1.82, 2.24) is 15.0 Å². The lowest BCUT2D eigenvalue weighted by molar-refractivity contribution is 0.103. The topological polar surface area (TPSA) is 101 Å². The van der Waals surface area contributed by atoms with Crippen molar-refractivity contribution in [3.05, 3.63) is 96.0 Å². The number of halogens is 3. The largest absolute Gasteiger partial charge is 0.443 e. The van der Waals surface area contributed by atoms with Crippen molar-refractivity contribution >= 4 is 33.5 Å². The zero-order valence-electron chi connectivity index (χ0n) is 17.0. The minimum atomic E-state index is -2.06. The Morgan fingerprint density at radius 2 is 1.94 bits per heavy atom. The molecular weight excluding hydrogens is 469 g/mol. The van der Waals surface area contributed by atoms with Gasteiger partial charge in [0.05, 0.1) is 22.3 Å². The van der Waals surface area contributed by atoms with Crippen LogP contribution >= 0.6 is 0 Å². The number of aromatic nitrogens is 3. The van der Waals surface area contributed by atoms with Crippen LogP contribution in [0.1, 0.15) is 15.9 Å². The van der Waals surface area contributed by atoms with Gasteiger partial charge in [-0.25, -0.2) is 27.3 Å². The first-order valence-corrected chi connectivity index (χ1v) is 10.9. The molecule has 3 heterocycles. The van der Waals surface area contributed by atoms with Gasteiger partial charge in [0.2, 0.25) is 5.78 Å². The molecule has 11 heteroatoms. The number of anilines is 1. The van der Waals surface area contributed by atoms with E-state index in [1.807, 2.05) is 0 Å². The Balaban J connectivity index is 1.53. The molecule has 170 valence electrons. The fourth-order valence-corrected chi connectivity index (χ4v) is 4.30. The number of hydrogen-bond acceptors (Lipinski definition) is 5. The number of nitrogens with zero attached hydrogens (tertiary/aromatic N) is 2. The third kappa shape index (κ3) is 3.86. The first-order chi connectivity index (χ1) is 16.4. The smallest absolute Gasteiger partial charge is 0.201 e. The quantitative estimate of drug-likeness (QED) is 0.332. The van der Waals surface area contributed by atoms with Crippen molar-refractivity contribution in [2.45, 2.75) is 4.90 Å². The van der Waals surface area contributed by atoms with Crippen molar-refractivity contribution in [1.29, 1.82) is 0 Å². The Morgan fingerprint density at radius 1 is 1.09 bits per heavy atom. The number of nitrogens with one attached hydrogen (secondary N) is 2. The van der Waals surface area contributed by atoms with Gasteiger partial charge in [0, 0.05) is 28.9 Å². The van der Waals surface area contributed by atoms with Crippen LogP contribution in [-0.4, -0.2) is 24.9 Å². The molecule has 2 N–H and O–H groups in total. The summed E-state index contributed by atoms with van der Waals surface area (Å²) in [6.07, 6.45) is 5.50. The SMILES string of the molecule is O=C(c1c(F)ccc(NS(=O)c2cccc(F)c2)c1F)c1c[nH]c2ncc(-c3cnco3)cc12. The Bertz CT molecular complexity index is 1570. The van der Waals surface area contributed by atoms with Gasteiger partial charge in [0.1, 0.15) is 28.3 Å². The predicted molar refractivity (Wildman–Crippen MR) is 118 cm³/mol. The van der Waals surface area contributed by atoms with Crippen LogP contribution in [-0.2, 0) is 11.0 Å². The molecule has 0 bridgehead atoms. The van der Waals surface area contributed by atoms with Gasteiger partial charge in [0.25, 0.3) is 0 Å². The maximum absolute atomic E-state index is 15.3. The molecule has 0 fully saturated rings. The Morgan fingerprint density at radius 3 is 2.71 bits per heavy atom. The van der Waals surface area contributed by atoms with Gasteiger partial charge in [-0.15, -0.1) is 0 Å². The normalized spacial score (nSPS) is 12.1. The average molecular weight is 482 g/mol. The second kappa shape index (κ2) is 8.60. The second-order valence-electron chi connectivity index (χ2n) is 7.13. The molecule has 0 aliphatic heterocycles. The van der Waals surface area contributed by atoms with Crippen LogP contribution < -0.4 is 4.72 Å². The highest BCUT2D eigenvalue weighted by molar-refractivity contribution is 7.86. The van der Waals surface area contributed by atoms with Crippen LogP contribution in [0.15, 0.2) is 76.8 Å². The zero-order valence-corrected chi connectivity index (χ0v) is 17.8. The number of benzene rings is 2. The number of carbonyl (C=O) groups excluding carboxylic acids is 1. The summed E-state index contributed by atoms with van der Waals surface area (Å²) in [4.78, 5) is 24.1. The molecule has 0 saturated heterocycles. The average Bonchev–Trinajstić information content (AvgIpc) is 3.50. The van der Waals surface area contributed by atoms with E-state index in [2.05, 4.69) is 19.7 Å². The van der Waals surface area contributed by atoms with Gasteiger partial charge in [-0.2, -0.15) is 0 Å². The van der Waals surface area contributed by atoms with E-state index in [1.165, 1.54) is 43.2 Å². The first-order valence-electron chi connectivity index (χ1n) is 9.75. The Labute approximate surface area is 192 Å². The maximum Gasteiger partial charge on any atom is 0.201 e. The fraction of sp³-hybridized carbons (Fsp3) is 0. The maximum atomic E-state index is 15.3. The highest BCUT2D eigenvalue weighted by atomic mass is 32.2. The number of fused-ring (bicyclic) bond motifs is 1. The molecule has 0 aliphatic rings. The predicted octanol–water partition coefficient (Wildman–Crippen LogP) is 5.00. The number of oxazole rings is 1. The fourth-order valence-electron chi connectivity index (χ4n) is 3.40. The molecule has 1 unspecified atom stereocenters. The molecule has 5 rings (SSSR count). The molecule has 0 radical (unpaired) electrons. The van der Waals surface area contributed by atoms with Crippen LogP contribution in [0.5, 0.6) is 0 Å². The summed E-state index contributed by atoms with van der Waals surface area (Å²) in [5, 5.41) is 0.319. The van der Waals surface area contributed by atoms with E-state index < -0.39 is 39.8 Å². The molecule has 3 aromatic heterocycles. The third-order valence-corrected chi connectivity index (χ3v) is 6.11. The van der Waals surface area contributed by atoms with Gasteiger partial charge >= 0.3 is 0 Å². The summed E-state index contributed by atoms with van der Waals surface area (Å²) in [5.74, 6) is -3.50. The summed E-state index contributed by atoms with van der Waals surface area (Å²) in [6, 6.07) is 8.39. The number of hydrogen-bond donors (Lipinski definition) is 2. The van der Waals surface area contributed by atoms with Crippen LogP contribution in [0.3, 0.4) is 0 Å². The van der Waals surface area contributed by atoms with Gasteiger partial charge in [-0.05, 0) is 36.4 Å². The van der Waals surface area contributed by atoms with E-state index in [0.29, 0.717) is 22.4 Å². The van der Waals surface area contributed by atoms with E-state index in [-0.39, 0.29) is 16.1 Å². The van der Waals surface area contributed by atoms with E-state index in [0.717, 1.165) is 18.2 Å². The van der Waals surface area contributed by atoms with E-state index in [1.54, 1.807) is 6.07 Å². The summed E-state index contributed by atoms with van der Waals surface area (Å²) in [5.41, 5.74) is -0.403. The van der Waals surface area contributed by atoms with Crippen molar-refractivity contribution < 1.29 is 26.6 Å². The molecule has 34 heavy (non-hydrogen) atoms. The number of rotatable bonds is 6. The standard InChI is InChI=1S/C23H13F3N4O3S/c24-13-2-1-3-14(7-13)34(32)30-18-5-4-17(25)20(21(18)26)22(31)16-9-29-23-15(16)6-12(8-28-23)19-10-27-11-33-19/h1-11,30H,(H,28,29).